The number of hydrogen-bond donors (Lipinski definition) is 1. The predicted molar refractivity (Wildman–Crippen MR) is 143 cm³/mol. The van der Waals surface area contributed by atoms with E-state index in [0.717, 1.165) is 46.5 Å². The molecule has 3 aromatic carbocycles. The normalized spacial score (nSPS) is 18.9. The van der Waals surface area contributed by atoms with Gasteiger partial charge in [-0.05, 0) is 37.6 Å². The Morgan fingerprint density at radius 3 is 2.39 bits per heavy atom. The minimum Gasteiger partial charge on any atom is -0.331 e. The Bertz CT molecular complexity index is 1420. The average Bonchev–Trinajstić information content (AvgIpc) is 3.39. The highest BCUT2D eigenvalue weighted by atomic mass is 16.2. The molecule has 1 aliphatic rings. The minimum atomic E-state index is -0.491. The van der Waals surface area contributed by atoms with Crippen LogP contribution >= 0.6 is 0 Å². The van der Waals surface area contributed by atoms with Crippen molar-refractivity contribution in [3.05, 3.63) is 84.7 Å². The molecule has 2 heterocycles. The molecular formula is C30H33N4O2+. The van der Waals surface area contributed by atoms with E-state index in [0.29, 0.717) is 13.0 Å². The fourth-order valence-electron chi connectivity index (χ4n) is 5.70. The lowest BCUT2D eigenvalue weighted by Crippen LogP contribution is -2.66. The van der Waals surface area contributed by atoms with Gasteiger partial charge in [-0.25, -0.2) is 14.6 Å². The number of anilines is 1. The van der Waals surface area contributed by atoms with Crippen molar-refractivity contribution in [2.24, 2.45) is 7.05 Å². The van der Waals surface area contributed by atoms with E-state index in [1.807, 2.05) is 104 Å². The Hall–Kier alpha value is -3.77. The van der Waals surface area contributed by atoms with Crippen LogP contribution in [-0.2, 0) is 18.3 Å². The number of likely N-dealkylation sites (tertiary alicyclic amines) is 1. The van der Waals surface area contributed by atoms with Gasteiger partial charge in [0.25, 0.3) is 0 Å². The number of rotatable bonds is 5. The molecule has 1 aromatic heterocycles. The van der Waals surface area contributed by atoms with Gasteiger partial charge < -0.3 is 4.57 Å². The molecule has 4 aromatic rings. The lowest BCUT2D eigenvalue weighted by atomic mass is 9.98. The summed E-state index contributed by atoms with van der Waals surface area (Å²) in [5.41, 5.74) is 4.15. The van der Waals surface area contributed by atoms with Crippen LogP contribution in [0.15, 0.2) is 78.9 Å². The van der Waals surface area contributed by atoms with Crippen LogP contribution in [0.2, 0.25) is 0 Å². The third-order valence-corrected chi connectivity index (χ3v) is 7.78. The first kappa shape index (κ1) is 23.9. The Labute approximate surface area is 212 Å². The highest BCUT2D eigenvalue weighted by Crippen LogP contribution is 2.40. The number of quaternary nitrogens is 1. The summed E-state index contributed by atoms with van der Waals surface area (Å²) in [5, 5.41) is 3.15. The van der Waals surface area contributed by atoms with Gasteiger partial charge in [-0.1, -0.05) is 60.7 Å². The molecule has 6 heteroatoms. The molecule has 0 spiro atoms. The summed E-state index contributed by atoms with van der Waals surface area (Å²) >= 11 is 0. The Balaban J connectivity index is 1.43. The number of amides is 3. The van der Waals surface area contributed by atoms with Gasteiger partial charge >= 0.3 is 11.9 Å². The van der Waals surface area contributed by atoms with Gasteiger partial charge in [0, 0.05) is 31.9 Å². The number of nitrogens with zero attached hydrogens (tertiary/aromatic N) is 3. The first-order valence-electron chi connectivity index (χ1n) is 12.6. The number of carbonyl (C=O) groups excluding carboxylic acids is 2. The molecule has 1 saturated heterocycles. The van der Waals surface area contributed by atoms with E-state index in [4.69, 9.17) is 4.98 Å². The topological polar surface area (TPSA) is 64.0 Å². The molecule has 0 aliphatic carbocycles. The van der Waals surface area contributed by atoms with E-state index in [1.165, 1.54) is 0 Å². The van der Waals surface area contributed by atoms with Gasteiger partial charge in [0.2, 0.25) is 0 Å². The number of carbonyl (C=O) groups is 2. The van der Waals surface area contributed by atoms with Crippen molar-refractivity contribution in [2.45, 2.75) is 45.1 Å². The molecule has 3 amide bonds. The smallest absolute Gasteiger partial charge is 0.331 e. The molecular weight excluding hydrogens is 448 g/mol. The van der Waals surface area contributed by atoms with Crippen LogP contribution in [0.1, 0.15) is 38.9 Å². The van der Waals surface area contributed by atoms with Crippen LogP contribution in [0.5, 0.6) is 0 Å². The van der Waals surface area contributed by atoms with Crippen LogP contribution in [0, 0.1) is 0 Å². The minimum absolute atomic E-state index is 0.0563. The van der Waals surface area contributed by atoms with Crippen molar-refractivity contribution in [3.8, 4) is 11.1 Å². The second kappa shape index (κ2) is 9.36. The summed E-state index contributed by atoms with van der Waals surface area (Å²) < 4.78 is 1.85. The Morgan fingerprint density at radius 1 is 0.972 bits per heavy atom. The maximum atomic E-state index is 14.0. The van der Waals surface area contributed by atoms with E-state index in [2.05, 4.69) is 5.32 Å². The van der Waals surface area contributed by atoms with Crippen molar-refractivity contribution in [1.82, 2.24) is 9.55 Å². The van der Waals surface area contributed by atoms with Crippen LogP contribution in [-0.4, -0.2) is 38.1 Å². The second-order valence-corrected chi connectivity index (χ2v) is 10.3. The number of fused-ring (bicyclic) bond motifs is 1. The van der Waals surface area contributed by atoms with Gasteiger partial charge in [-0.2, -0.15) is 4.48 Å². The number of para-hydroxylation sites is 3. The summed E-state index contributed by atoms with van der Waals surface area (Å²) in [7, 11) is 1.98. The standard InChI is InChI=1S/C30H32N4O2/c1-30(2)20-11-21-34(30,28(35)19-18-27-31-25-16-9-10-17-26(25)33(27)3)29(36)32-24-15-8-7-14-23(24)22-12-5-4-6-13-22/h4-10,12-17H,11,18-21H2,1-3H3/p+1. The number of benzene rings is 3. The van der Waals surface area contributed by atoms with E-state index < -0.39 is 5.54 Å². The molecule has 36 heavy (non-hydrogen) atoms. The number of imidazole rings is 1. The number of aryl methyl sites for hydroxylation is 2. The molecule has 0 saturated carbocycles. The highest BCUT2D eigenvalue weighted by Gasteiger charge is 2.59. The lowest BCUT2D eigenvalue weighted by molar-refractivity contribution is -0.809. The van der Waals surface area contributed by atoms with Crippen LogP contribution < -0.4 is 5.32 Å². The first-order chi connectivity index (χ1) is 17.3. The molecule has 0 radical (unpaired) electrons. The van der Waals surface area contributed by atoms with Crippen LogP contribution in [0.25, 0.3) is 22.2 Å². The zero-order valence-corrected chi connectivity index (χ0v) is 21.2. The summed E-state index contributed by atoms with van der Waals surface area (Å²) in [6.45, 7) is 4.58. The van der Waals surface area contributed by atoms with Crippen LogP contribution in [0.4, 0.5) is 10.5 Å². The summed E-state index contributed by atoms with van der Waals surface area (Å²) in [5.74, 6) is 0.800. The second-order valence-electron chi connectivity index (χ2n) is 10.3. The largest absolute Gasteiger partial charge is 0.428 e. The number of imide groups is 1. The number of nitrogens with one attached hydrogen (secondary N) is 1. The number of hydrogen-bond acceptors (Lipinski definition) is 3. The number of urea groups is 1. The van der Waals surface area contributed by atoms with E-state index in [-0.39, 0.29) is 22.8 Å². The van der Waals surface area contributed by atoms with Crippen molar-refractivity contribution < 1.29 is 14.1 Å². The van der Waals surface area contributed by atoms with Crippen molar-refractivity contribution >= 4 is 28.7 Å². The molecule has 1 unspecified atom stereocenters. The molecule has 1 aliphatic heterocycles. The van der Waals surface area contributed by atoms with Crippen molar-refractivity contribution in [3.63, 3.8) is 0 Å². The van der Waals surface area contributed by atoms with Crippen molar-refractivity contribution in [2.75, 3.05) is 11.9 Å². The quantitative estimate of drug-likeness (QED) is 0.339. The van der Waals surface area contributed by atoms with E-state index in [1.54, 1.807) is 0 Å². The summed E-state index contributed by atoms with van der Waals surface area (Å²) in [4.78, 5) is 32.7. The maximum absolute atomic E-state index is 14.0. The zero-order valence-electron chi connectivity index (χ0n) is 21.2. The highest BCUT2D eigenvalue weighted by molar-refractivity contribution is 5.96. The van der Waals surface area contributed by atoms with Gasteiger partial charge in [0.05, 0.1) is 29.7 Å². The third-order valence-electron chi connectivity index (χ3n) is 7.78. The molecule has 0 bridgehead atoms. The average molecular weight is 482 g/mol. The monoisotopic (exact) mass is 481 g/mol. The fraction of sp³-hybridized carbons (Fsp3) is 0.300. The van der Waals surface area contributed by atoms with Gasteiger partial charge in [0.15, 0.2) is 0 Å². The molecule has 1 N–H and O–H groups in total. The fourth-order valence-corrected chi connectivity index (χ4v) is 5.70. The van der Waals surface area contributed by atoms with Gasteiger partial charge in [-0.15, -0.1) is 0 Å². The SMILES string of the molecule is Cn1c(CCC(=O)[N+]2(C(=O)Nc3ccccc3-c3ccccc3)CCCC2(C)C)nc2ccccc21. The molecule has 1 fully saturated rings. The molecule has 184 valence electrons. The summed E-state index contributed by atoms with van der Waals surface area (Å²) in [6, 6.07) is 25.5. The zero-order chi connectivity index (χ0) is 25.3. The van der Waals surface area contributed by atoms with Gasteiger partial charge in [-0.3, -0.25) is 5.32 Å². The van der Waals surface area contributed by atoms with Crippen molar-refractivity contribution in [1.29, 1.82) is 0 Å². The van der Waals surface area contributed by atoms with E-state index >= 15 is 0 Å². The summed E-state index contributed by atoms with van der Waals surface area (Å²) in [6.07, 6.45) is 2.40. The third kappa shape index (κ3) is 4.01. The van der Waals surface area contributed by atoms with Gasteiger partial charge in [0.1, 0.15) is 11.4 Å². The Kier molecular flexibility index (Phi) is 6.22. The first-order valence-corrected chi connectivity index (χ1v) is 12.6. The molecule has 5 rings (SSSR count). The lowest BCUT2D eigenvalue weighted by Gasteiger charge is -2.40. The molecule has 6 nitrogen and oxygen atoms in total. The predicted octanol–water partition coefficient (Wildman–Crippen LogP) is 6.32. The Morgan fingerprint density at radius 2 is 1.67 bits per heavy atom. The molecule has 1 atom stereocenters. The van der Waals surface area contributed by atoms with Crippen LogP contribution in [0.3, 0.4) is 0 Å². The number of aromatic nitrogens is 2. The maximum Gasteiger partial charge on any atom is 0.428 e. The van der Waals surface area contributed by atoms with E-state index in [9.17, 15) is 9.59 Å².